The van der Waals surface area contributed by atoms with Gasteiger partial charge in [-0.3, -0.25) is 4.57 Å². The predicted molar refractivity (Wildman–Crippen MR) is 106 cm³/mol. The van der Waals surface area contributed by atoms with Crippen molar-refractivity contribution < 1.29 is 0 Å². The Kier molecular flexibility index (Phi) is 4.78. The Hall–Kier alpha value is -2.19. The zero-order valence-electron chi connectivity index (χ0n) is 14.5. The quantitative estimate of drug-likeness (QED) is 0.594. The van der Waals surface area contributed by atoms with Crippen molar-refractivity contribution in [1.82, 2.24) is 24.8 Å². The monoisotopic (exact) mass is 416 g/mol. The lowest BCUT2D eigenvalue weighted by molar-refractivity contribution is 0.611. The second kappa shape index (κ2) is 7.20. The number of aromatic amines is 1. The summed E-state index contributed by atoms with van der Waals surface area (Å²) in [4.78, 5) is 24.3. The summed E-state index contributed by atoms with van der Waals surface area (Å²) < 4.78 is 2.65. The molecule has 3 heterocycles. The first kappa shape index (κ1) is 17.2. The largest absolute Gasteiger partial charge is 0.354 e. The molecule has 7 nitrogen and oxygen atoms in total. The molecule has 1 aliphatic heterocycles. The van der Waals surface area contributed by atoms with E-state index in [-0.39, 0.29) is 11.7 Å². The van der Waals surface area contributed by atoms with E-state index >= 15 is 0 Å². The number of H-pyrrole nitrogens is 1. The van der Waals surface area contributed by atoms with Crippen LogP contribution in [0.2, 0.25) is 0 Å². The second-order valence-electron chi connectivity index (χ2n) is 6.67. The summed E-state index contributed by atoms with van der Waals surface area (Å²) in [5.74, 6) is 1.14. The molecule has 1 saturated heterocycles. The highest BCUT2D eigenvalue weighted by molar-refractivity contribution is 9.10. The third kappa shape index (κ3) is 3.26. The molecule has 1 aromatic carbocycles. The van der Waals surface area contributed by atoms with E-state index < -0.39 is 0 Å². The van der Waals surface area contributed by atoms with Gasteiger partial charge in [-0.15, -0.1) is 0 Å². The Labute approximate surface area is 159 Å². The fraction of sp³-hybridized carbons (Fsp3) is 0.389. The molecule has 3 aromatic rings. The summed E-state index contributed by atoms with van der Waals surface area (Å²) in [5, 5.41) is 6.66. The van der Waals surface area contributed by atoms with E-state index in [0.717, 1.165) is 36.1 Å². The standard InChI is InChI=1S/C18H21BrN6O/c1-11(13-4-2-3-5-14(13)19)25-16-15(23-18(25)26)10-22-17(24-16)21-9-12-6-7-20-8-12/h2-5,10-12,20H,6-9H2,1H3,(H,23,26)(H,21,22,24)/t11-,12-/m1/s1. The van der Waals surface area contributed by atoms with Crippen LogP contribution in [0.4, 0.5) is 5.95 Å². The summed E-state index contributed by atoms with van der Waals surface area (Å²) >= 11 is 3.57. The van der Waals surface area contributed by atoms with E-state index in [1.54, 1.807) is 10.8 Å². The van der Waals surface area contributed by atoms with Gasteiger partial charge in [0.1, 0.15) is 5.52 Å². The molecule has 2 aromatic heterocycles. The second-order valence-corrected chi connectivity index (χ2v) is 7.52. The average Bonchev–Trinajstić information content (AvgIpc) is 3.26. The fourth-order valence-corrected chi connectivity index (χ4v) is 4.05. The van der Waals surface area contributed by atoms with Crippen LogP contribution in [0.1, 0.15) is 24.9 Å². The minimum Gasteiger partial charge on any atom is -0.354 e. The van der Waals surface area contributed by atoms with Crippen molar-refractivity contribution in [1.29, 1.82) is 0 Å². The molecule has 0 radical (unpaired) electrons. The van der Waals surface area contributed by atoms with Gasteiger partial charge in [-0.05, 0) is 44.0 Å². The van der Waals surface area contributed by atoms with Gasteiger partial charge in [-0.2, -0.15) is 4.98 Å². The molecule has 0 saturated carbocycles. The molecule has 1 aliphatic rings. The maximum absolute atomic E-state index is 12.5. The molecular weight excluding hydrogens is 396 g/mol. The Morgan fingerprint density at radius 3 is 3.04 bits per heavy atom. The topological polar surface area (TPSA) is 87.6 Å². The van der Waals surface area contributed by atoms with Crippen LogP contribution in [0.25, 0.3) is 11.2 Å². The predicted octanol–water partition coefficient (Wildman–Crippen LogP) is 2.51. The molecule has 0 unspecified atom stereocenters. The number of rotatable bonds is 5. The van der Waals surface area contributed by atoms with E-state index in [1.807, 2.05) is 31.2 Å². The van der Waals surface area contributed by atoms with Crippen LogP contribution in [0, 0.1) is 5.92 Å². The summed E-state index contributed by atoms with van der Waals surface area (Å²) in [5.41, 5.74) is 2.10. The van der Waals surface area contributed by atoms with Gasteiger partial charge in [0, 0.05) is 11.0 Å². The van der Waals surface area contributed by atoms with Gasteiger partial charge in [0.25, 0.3) is 0 Å². The van der Waals surface area contributed by atoms with Crippen molar-refractivity contribution in [2.24, 2.45) is 5.92 Å². The summed E-state index contributed by atoms with van der Waals surface area (Å²) in [7, 11) is 0. The molecule has 2 atom stereocenters. The zero-order chi connectivity index (χ0) is 18.1. The molecule has 3 N–H and O–H groups in total. The van der Waals surface area contributed by atoms with Crippen molar-refractivity contribution >= 4 is 33.0 Å². The van der Waals surface area contributed by atoms with Gasteiger partial charge in [0.05, 0.1) is 12.2 Å². The first-order chi connectivity index (χ1) is 12.6. The Morgan fingerprint density at radius 2 is 2.27 bits per heavy atom. The number of benzene rings is 1. The number of nitrogens with one attached hydrogen (secondary N) is 3. The minimum absolute atomic E-state index is 0.159. The number of hydrogen-bond donors (Lipinski definition) is 3. The molecule has 0 aliphatic carbocycles. The summed E-state index contributed by atoms with van der Waals surface area (Å²) in [6.07, 6.45) is 2.82. The highest BCUT2D eigenvalue weighted by atomic mass is 79.9. The summed E-state index contributed by atoms with van der Waals surface area (Å²) in [6.45, 7) is 4.90. The molecule has 0 amide bonds. The van der Waals surface area contributed by atoms with Gasteiger partial charge >= 0.3 is 5.69 Å². The van der Waals surface area contributed by atoms with E-state index in [2.05, 4.69) is 41.5 Å². The number of aromatic nitrogens is 4. The number of imidazole rings is 1. The molecule has 8 heteroatoms. The first-order valence-electron chi connectivity index (χ1n) is 8.79. The van der Waals surface area contributed by atoms with Crippen molar-refractivity contribution in [3.05, 3.63) is 51.0 Å². The maximum Gasteiger partial charge on any atom is 0.328 e. The number of fused-ring (bicyclic) bond motifs is 1. The van der Waals surface area contributed by atoms with Crippen molar-refractivity contribution in [2.45, 2.75) is 19.4 Å². The van der Waals surface area contributed by atoms with Gasteiger partial charge in [-0.25, -0.2) is 9.78 Å². The molecule has 4 rings (SSSR count). The van der Waals surface area contributed by atoms with Gasteiger partial charge in [0.15, 0.2) is 5.65 Å². The number of anilines is 1. The van der Waals surface area contributed by atoms with Crippen molar-refractivity contribution in [2.75, 3.05) is 25.0 Å². The fourth-order valence-electron chi connectivity index (χ4n) is 3.44. The Bertz CT molecular complexity index is 975. The Morgan fingerprint density at radius 1 is 1.42 bits per heavy atom. The van der Waals surface area contributed by atoms with Crippen LogP contribution in [-0.2, 0) is 0 Å². The van der Waals surface area contributed by atoms with Gasteiger partial charge < -0.3 is 15.6 Å². The lowest BCUT2D eigenvalue weighted by atomic mass is 10.1. The van der Waals surface area contributed by atoms with E-state index in [9.17, 15) is 4.79 Å². The molecule has 0 bridgehead atoms. The molecule has 0 spiro atoms. The first-order valence-corrected chi connectivity index (χ1v) is 9.59. The summed E-state index contributed by atoms with van der Waals surface area (Å²) in [6, 6.07) is 7.75. The third-order valence-electron chi connectivity index (χ3n) is 4.91. The highest BCUT2D eigenvalue weighted by Gasteiger charge is 2.19. The van der Waals surface area contributed by atoms with E-state index in [1.165, 1.54) is 0 Å². The molecular formula is C18H21BrN6O. The lowest BCUT2D eigenvalue weighted by Crippen LogP contribution is -2.22. The normalized spacial score (nSPS) is 18.3. The smallest absolute Gasteiger partial charge is 0.328 e. The zero-order valence-corrected chi connectivity index (χ0v) is 16.1. The highest BCUT2D eigenvalue weighted by Crippen LogP contribution is 2.27. The van der Waals surface area contributed by atoms with Crippen LogP contribution in [0.5, 0.6) is 0 Å². The lowest BCUT2D eigenvalue weighted by Gasteiger charge is -2.15. The van der Waals surface area contributed by atoms with Crippen LogP contribution >= 0.6 is 15.9 Å². The van der Waals surface area contributed by atoms with E-state index in [0.29, 0.717) is 23.0 Å². The molecule has 26 heavy (non-hydrogen) atoms. The Balaban J connectivity index is 1.67. The van der Waals surface area contributed by atoms with Crippen LogP contribution in [0.15, 0.2) is 39.7 Å². The number of hydrogen-bond acceptors (Lipinski definition) is 5. The van der Waals surface area contributed by atoms with Crippen LogP contribution in [0.3, 0.4) is 0 Å². The van der Waals surface area contributed by atoms with Gasteiger partial charge in [0.2, 0.25) is 5.95 Å². The molecule has 136 valence electrons. The minimum atomic E-state index is -0.185. The SMILES string of the molecule is C[C@H](c1ccccc1Br)n1c(=O)[nH]c2cnc(NC[C@@H]3CCNC3)nc21. The number of halogens is 1. The van der Waals surface area contributed by atoms with Crippen molar-refractivity contribution in [3.63, 3.8) is 0 Å². The van der Waals surface area contributed by atoms with Crippen LogP contribution in [-0.4, -0.2) is 39.2 Å². The van der Waals surface area contributed by atoms with Crippen LogP contribution < -0.4 is 16.3 Å². The van der Waals surface area contributed by atoms with Crippen molar-refractivity contribution in [3.8, 4) is 0 Å². The van der Waals surface area contributed by atoms with E-state index in [4.69, 9.17) is 0 Å². The average molecular weight is 417 g/mol. The number of nitrogens with zero attached hydrogens (tertiary/aromatic N) is 3. The third-order valence-corrected chi connectivity index (χ3v) is 5.63. The molecule has 1 fully saturated rings. The maximum atomic E-state index is 12.5. The van der Waals surface area contributed by atoms with Gasteiger partial charge in [-0.1, -0.05) is 34.1 Å².